The summed E-state index contributed by atoms with van der Waals surface area (Å²) in [6, 6.07) is 14.1. The standard InChI is InChI=1S/C21H21N3/c1-13-11-16(5-9-19(13)23)21(15-3-7-18(22)8-4-15)17-6-10-20(24)14(2)12-17/h3-12,23H,22,24H2,1-2H3/p+1/b21-16-,23-19?. The van der Waals surface area contributed by atoms with Crippen LogP contribution in [0, 0.1) is 6.92 Å². The lowest BCUT2D eigenvalue weighted by atomic mass is 9.88. The largest absolute Gasteiger partial charge is 0.399 e. The van der Waals surface area contributed by atoms with Crippen LogP contribution in [0.1, 0.15) is 23.6 Å². The fourth-order valence-electron chi connectivity index (χ4n) is 2.81. The fourth-order valence-corrected chi connectivity index (χ4v) is 2.81. The van der Waals surface area contributed by atoms with E-state index in [1.807, 2.05) is 50.3 Å². The van der Waals surface area contributed by atoms with E-state index in [9.17, 15) is 0 Å². The number of hydrogen-bond donors (Lipinski definition) is 3. The van der Waals surface area contributed by atoms with Gasteiger partial charge >= 0.3 is 0 Å². The van der Waals surface area contributed by atoms with Crippen LogP contribution in [-0.4, -0.2) is 5.71 Å². The molecule has 0 aromatic heterocycles. The smallest absolute Gasteiger partial charge is 0.199 e. The lowest BCUT2D eigenvalue weighted by Crippen LogP contribution is -2.39. The quantitative estimate of drug-likeness (QED) is 0.745. The number of benzene rings is 2. The number of nitrogen functional groups attached to an aromatic ring is 2. The lowest BCUT2D eigenvalue weighted by Gasteiger charge is -2.16. The van der Waals surface area contributed by atoms with Gasteiger partial charge in [-0.2, -0.15) is 0 Å². The van der Waals surface area contributed by atoms with Gasteiger partial charge in [-0.15, -0.1) is 0 Å². The molecule has 0 amide bonds. The Balaban J connectivity index is 2.25. The number of nitrogens with two attached hydrogens (primary N) is 3. The molecule has 0 bridgehead atoms. The Kier molecular flexibility index (Phi) is 4.09. The molecule has 0 spiro atoms. The van der Waals surface area contributed by atoms with Gasteiger partial charge in [-0.05, 0) is 78.1 Å². The van der Waals surface area contributed by atoms with Gasteiger partial charge in [0.05, 0.1) is 0 Å². The van der Waals surface area contributed by atoms with E-state index in [0.717, 1.165) is 50.5 Å². The maximum atomic E-state index is 5.99. The Bertz CT molecular complexity index is 897. The van der Waals surface area contributed by atoms with Gasteiger partial charge in [0.1, 0.15) is 0 Å². The second kappa shape index (κ2) is 6.20. The summed E-state index contributed by atoms with van der Waals surface area (Å²) in [4.78, 5) is 0. The highest BCUT2D eigenvalue weighted by atomic mass is 14.6. The lowest BCUT2D eigenvalue weighted by molar-refractivity contribution is -0.111. The molecule has 3 nitrogen and oxygen atoms in total. The van der Waals surface area contributed by atoms with Crippen molar-refractivity contribution in [3.63, 3.8) is 0 Å². The second-order valence-electron chi connectivity index (χ2n) is 6.14. The summed E-state index contributed by atoms with van der Waals surface area (Å²) in [6.07, 6.45) is 6.12. The summed E-state index contributed by atoms with van der Waals surface area (Å²) in [6.45, 7) is 4.04. The van der Waals surface area contributed by atoms with Gasteiger partial charge < -0.3 is 11.5 Å². The minimum atomic E-state index is 0.750. The molecule has 0 radical (unpaired) electrons. The summed E-state index contributed by atoms with van der Waals surface area (Å²) in [5.41, 5.74) is 20.8. The van der Waals surface area contributed by atoms with E-state index < -0.39 is 0 Å². The topological polar surface area (TPSA) is 77.6 Å². The molecule has 0 aliphatic heterocycles. The molecule has 0 saturated carbocycles. The highest BCUT2D eigenvalue weighted by Crippen LogP contribution is 2.32. The number of allylic oxidation sites excluding steroid dienone is 5. The van der Waals surface area contributed by atoms with Crippen LogP contribution < -0.4 is 16.9 Å². The van der Waals surface area contributed by atoms with Crippen LogP contribution in [0.2, 0.25) is 0 Å². The van der Waals surface area contributed by atoms with Gasteiger partial charge in [-0.1, -0.05) is 18.2 Å². The van der Waals surface area contributed by atoms with E-state index in [-0.39, 0.29) is 0 Å². The number of anilines is 2. The third-order valence-corrected chi connectivity index (χ3v) is 4.32. The summed E-state index contributed by atoms with van der Waals surface area (Å²) < 4.78 is 0. The van der Waals surface area contributed by atoms with Gasteiger partial charge in [0.2, 0.25) is 0 Å². The first-order chi connectivity index (χ1) is 11.5. The van der Waals surface area contributed by atoms with E-state index in [1.165, 1.54) is 0 Å². The highest BCUT2D eigenvalue weighted by Gasteiger charge is 2.15. The normalized spacial score (nSPS) is 16.1. The van der Waals surface area contributed by atoms with Crippen molar-refractivity contribution in [2.75, 3.05) is 11.5 Å². The zero-order chi connectivity index (χ0) is 17.3. The molecule has 1 aliphatic carbocycles. The van der Waals surface area contributed by atoms with Gasteiger partial charge in [-0.25, -0.2) is 0 Å². The first-order valence-corrected chi connectivity index (χ1v) is 7.91. The monoisotopic (exact) mass is 316 g/mol. The predicted octanol–water partition coefficient (Wildman–Crippen LogP) is 2.68. The molecule has 0 atom stereocenters. The van der Waals surface area contributed by atoms with Crippen LogP contribution in [0.3, 0.4) is 0 Å². The minimum Gasteiger partial charge on any atom is -0.399 e. The third kappa shape index (κ3) is 3.01. The zero-order valence-corrected chi connectivity index (χ0v) is 14.0. The van der Waals surface area contributed by atoms with Crippen molar-refractivity contribution in [1.82, 2.24) is 0 Å². The van der Waals surface area contributed by atoms with Crippen LogP contribution in [0.5, 0.6) is 0 Å². The Morgan fingerprint density at radius 3 is 2.17 bits per heavy atom. The van der Waals surface area contributed by atoms with Crippen LogP contribution >= 0.6 is 0 Å². The molecule has 0 saturated heterocycles. The average Bonchev–Trinajstić information content (AvgIpc) is 2.56. The molecule has 3 heteroatoms. The molecular weight excluding hydrogens is 294 g/mol. The SMILES string of the molecule is CC1=C/C(=C(/c2ccc(N)cc2)c2ccc(N)c(C)c2)C=CC1=[NH2+]. The molecule has 0 fully saturated rings. The number of hydrogen-bond acceptors (Lipinski definition) is 2. The van der Waals surface area contributed by atoms with Crippen LogP contribution in [0.4, 0.5) is 11.4 Å². The molecule has 1 aliphatic rings. The Hall–Kier alpha value is -3.07. The fraction of sp³-hybridized carbons (Fsp3) is 0.0952. The second-order valence-corrected chi connectivity index (χ2v) is 6.14. The Morgan fingerprint density at radius 1 is 0.875 bits per heavy atom. The summed E-state index contributed by atoms with van der Waals surface area (Å²) in [5.74, 6) is 0. The van der Waals surface area contributed by atoms with Crippen molar-refractivity contribution in [2.24, 2.45) is 0 Å². The molecule has 2 aromatic carbocycles. The van der Waals surface area contributed by atoms with Crippen LogP contribution in [0.25, 0.3) is 5.57 Å². The molecule has 0 unspecified atom stereocenters. The third-order valence-electron chi connectivity index (χ3n) is 4.32. The molecule has 2 aromatic rings. The van der Waals surface area contributed by atoms with Crippen LogP contribution in [-0.2, 0) is 0 Å². The van der Waals surface area contributed by atoms with Crippen molar-refractivity contribution < 1.29 is 5.41 Å². The Labute approximate surface area is 142 Å². The number of aryl methyl sites for hydroxylation is 1. The van der Waals surface area contributed by atoms with E-state index >= 15 is 0 Å². The van der Waals surface area contributed by atoms with E-state index in [4.69, 9.17) is 16.9 Å². The van der Waals surface area contributed by atoms with Crippen molar-refractivity contribution in [3.05, 3.63) is 88.5 Å². The summed E-state index contributed by atoms with van der Waals surface area (Å²) in [5, 5.41) is 5.99. The predicted molar refractivity (Wildman–Crippen MR) is 102 cm³/mol. The number of rotatable bonds is 2. The minimum absolute atomic E-state index is 0.750. The zero-order valence-electron chi connectivity index (χ0n) is 14.0. The van der Waals surface area contributed by atoms with Gasteiger partial charge in [0, 0.05) is 23.0 Å². The van der Waals surface area contributed by atoms with Crippen molar-refractivity contribution >= 4 is 22.7 Å². The first kappa shape index (κ1) is 15.8. The van der Waals surface area contributed by atoms with E-state index in [2.05, 4.69) is 24.3 Å². The van der Waals surface area contributed by atoms with Crippen molar-refractivity contribution in [3.8, 4) is 0 Å². The molecule has 3 rings (SSSR count). The molecule has 120 valence electrons. The van der Waals surface area contributed by atoms with E-state index in [1.54, 1.807) is 0 Å². The first-order valence-electron chi connectivity index (χ1n) is 7.91. The van der Waals surface area contributed by atoms with Gasteiger partial charge in [-0.3, -0.25) is 5.41 Å². The maximum absolute atomic E-state index is 5.99. The molecule has 6 N–H and O–H groups in total. The average molecular weight is 316 g/mol. The van der Waals surface area contributed by atoms with Crippen molar-refractivity contribution in [1.29, 1.82) is 0 Å². The molecule has 0 heterocycles. The van der Waals surface area contributed by atoms with Gasteiger partial charge in [0.25, 0.3) is 0 Å². The molecular formula is C21H22N3+. The molecule has 24 heavy (non-hydrogen) atoms. The van der Waals surface area contributed by atoms with Crippen molar-refractivity contribution in [2.45, 2.75) is 13.8 Å². The van der Waals surface area contributed by atoms with Crippen LogP contribution in [0.15, 0.2) is 71.8 Å². The van der Waals surface area contributed by atoms with E-state index in [0.29, 0.717) is 0 Å². The summed E-state index contributed by atoms with van der Waals surface area (Å²) >= 11 is 0. The highest BCUT2D eigenvalue weighted by molar-refractivity contribution is 6.07. The maximum Gasteiger partial charge on any atom is 0.199 e. The summed E-state index contributed by atoms with van der Waals surface area (Å²) in [7, 11) is 0. The van der Waals surface area contributed by atoms with Gasteiger partial charge in [0.15, 0.2) is 5.71 Å². The Morgan fingerprint density at radius 2 is 1.54 bits per heavy atom.